The lowest BCUT2D eigenvalue weighted by molar-refractivity contribution is 0.0901. The minimum absolute atomic E-state index is 0.138. The molecule has 6 heteroatoms. The molecule has 1 amide bonds. The van der Waals surface area contributed by atoms with E-state index < -0.39 is 10.0 Å². The van der Waals surface area contributed by atoms with E-state index in [0.29, 0.717) is 17.7 Å². The monoisotopic (exact) mass is 400 g/mol. The zero-order valence-electron chi connectivity index (χ0n) is 17.1. The number of nitrogens with one attached hydrogen (secondary N) is 1. The van der Waals surface area contributed by atoms with Gasteiger partial charge < -0.3 is 5.32 Å². The van der Waals surface area contributed by atoms with Gasteiger partial charge in [-0.25, -0.2) is 8.42 Å². The first-order valence-electron chi connectivity index (χ1n) is 9.46. The highest BCUT2D eigenvalue weighted by Crippen LogP contribution is 2.36. The molecule has 2 aromatic rings. The molecule has 0 spiro atoms. The molecule has 2 atom stereocenters. The summed E-state index contributed by atoms with van der Waals surface area (Å²) >= 11 is 0. The molecule has 3 rings (SSSR count). The van der Waals surface area contributed by atoms with E-state index in [9.17, 15) is 13.2 Å². The van der Waals surface area contributed by atoms with Crippen molar-refractivity contribution in [1.29, 1.82) is 0 Å². The lowest BCUT2D eigenvalue weighted by atomic mass is 9.82. The van der Waals surface area contributed by atoms with Gasteiger partial charge in [0.2, 0.25) is 10.0 Å². The van der Waals surface area contributed by atoms with Crippen LogP contribution in [-0.2, 0) is 16.4 Å². The van der Waals surface area contributed by atoms with Crippen molar-refractivity contribution in [3.8, 4) is 0 Å². The number of amides is 1. The summed E-state index contributed by atoms with van der Waals surface area (Å²) in [5, 5.41) is 3.16. The quantitative estimate of drug-likeness (QED) is 0.846. The van der Waals surface area contributed by atoms with Crippen LogP contribution in [0.15, 0.2) is 48.5 Å². The summed E-state index contributed by atoms with van der Waals surface area (Å²) in [6.45, 7) is 8.17. The van der Waals surface area contributed by atoms with Gasteiger partial charge in [0.25, 0.3) is 5.91 Å². The fourth-order valence-electron chi connectivity index (χ4n) is 3.91. The predicted molar refractivity (Wildman–Crippen MR) is 113 cm³/mol. The molecule has 0 bridgehead atoms. The molecule has 28 heavy (non-hydrogen) atoms. The van der Waals surface area contributed by atoms with Gasteiger partial charge >= 0.3 is 0 Å². The van der Waals surface area contributed by atoms with Crippen LogP contribution in [0.1, 0.15) is 55.2 Å². The SMILES string of the molecule is CC1Cc2cc(C(=O)NC(c3ccccc3)C(C)(C)C)ccc2N1S(C)(=O)=O. The highest BCUT2D eigenvalue weighted by Gasteiger charge is 2.33. The Hall–Kier alpha value is -2.34. The third-order valence-corrected chi connectivity index (χ3v) is 6.40. The number of carbonyl (C=O) groups is 1. The number of fused-ring (bicyclic) bond motifs is 1. The van der Waals surface area contributed by atoms with Gasteiger partial charge in [0, 0.05) is 11.6 Å². The normalized spacial score (nSPS) is 17.9. The number of carbonyl (C=O) groups excluding carboxylic acids is 1. The summed E-state index contributed by atoms with van der Waals surface area (Å²) in [6.07, 6.45) is 1.82. The van der Waals surface area contributed by atoms with Crippen molar-refractivity contribution in [3.05, 3.63) is 65.2 Å². The van der Waals surface area contributed by atoms with E-state index in [4.69, 9.17) is 0 Å². The van der Waals surface area contributed by atoms with Crippen LogP contribution in [0.4, 0.5) is 5.69 Å². The molecular weight excluding hydrogens is 372 g/mol. The van der Waals surface area contributed by atoms with E-state index in [2.05, 4.69) is 26.1 Å². The molecule has 1 heterocycles. The summed E-state index contributed by atoms with van der Waals surface area (Å²) in [4.78, 5) is 13.0. The Morgan fingerprint density at radius 1 is 1.14 bits per heavy atom. The molecule has 1 N–H and O–H groups in total. The maximum absolute atomic E-state index is 13.0. The van der Waals surface area contributed by atoms with Crippen molar-refractivity contribution in [2.45, 2.75) is 46.2 Å². The highest BCUT2D eigenvalue weighted by atomic mass is 32.2. The molecule has 0 saturated carbocycles. The van der Waals surface area contributed by atoms with E-state index in [1.807, 2.05) is 43.3 Å². The van der Waals surface area contributed by atoms with Crippen LogP contribution in [-0.4, -0.2) is 26.6 Å². The van der Waals surface area contributed by atoms with Crippen molar-refractivity contribution >= 4 is 21.6 Å². The molecule has 2 aromatic carbocycles. The number of hydrogen-bond donors (Lipinski definition) is 1. The van der Waals surface area contributed by atoms with Crippen molar-refractivity contribution in [2.24, 2.45) is 5.41 Å². The van der Waals surface area contributed by atoms with Gasteiger partial charge in [-0.15, -0.1) is 0 Å². The average molecular weight is 401 g/mol. The van der Waals surface area contributed by atoms with E-state index in [1.54, 1.807) is 12.1 Å². The first kappa shape index (κ1) is 20.4. The standard InChI is InChI=1S/C22H28N2O3S/c1-15-13-18-14-17(11-12-19(18)24(15)28(5,26)27)21(25)23-20(22(2,3)4)16-9-7-6-8-10-16/h6-12,14-15,20H,13H2,1-5H3,(H,23,25). The second kappa shape index (κ2) is 7.24. The van der Waals surface area contributed by atoms with E-state index in [0.717, 1.165) is 11.1 Å². The minimum atomic E-state index is -3.34. The van der Waals surface area contributed by atoms with Crippen LogP contribution in [0.25, 0.3) is 0 Å². The first-order chi connectivity index (χ1) is 13.0. The van der Waals surface area contributed by atoms with Gasteiger partial charge in [0.1, 0.15) is 0 Å². The summed E-state index contributed by atoms with van der Waals surface area (Å²) < 4.78 is 25.6. The van der Waals surface area contributed by atoms with Crippen molar-refractivity contribution in [1.82, 2.24) is 5.32 Å². The molecule has 1 aliphatic rings. The van der Waals surface area contributed by atoms with Crippen LogP contribution in [0, 0.1) is 5.41 Å². The minimum Gasteiger partial charge on any atom is -0.345 e. The van der Waals surface area contributed by atoms with E-state index in [1.165, 1.54) is 10.6 Å². The third kappa shape index (κ3) is 4.07. The summed E-state index contributed by atoms with van der Waals surface area (Å²) in [5.74, 6) is -0.156. The molecule has 0 aromatic heterocycles. The van der Waals surface area contributed by atoms with Crippen LogP contribution in [0.2, 0.25) is 0 Å². The Labute approximate surface area is 167 Å². The highest BCUT2D eigenvalue weighted by molar-refractivity contribution is 7.92. The Morgan fingerprint density at radius 2 is 1.79 bits per heavy atom. The molecule has 1 aliphatic heterocycles. The molecule has 0 saturated heterocycles. The van der Waals surface area contributed by atoms with Gasteiger partial charge in [-0.05, 0) is 48.1 Å². The Kier molecular flexibility index (Phi) is 5.28. The van der Waals surface area contributed by atoms with Crippen LogP contribution in [0.5, 0.6) is 0 Å². The molecule has 150 valence electrons. The van der Waals surface area contributed by atoms with Crippen LogP contribution >= 0.6 is 0 Å². The maximum atomic E-state index is 13.0. The second-order valence-corrected chi connectivity index (χ2v) is 10.5. The predicted octanol–water partition coefficient (Wildman–Crippen LogP) is 3.91. The van der Waals surface area contributed by atoms with Gasteiger partial charge in [-0.3, -0.25) is 9.10 Å². The molecule has 5 nitrogen and oxygen atoms in total. The summed E-state index contributed by atoms with van der Waals surface area (Å²) in [5.41, 5.74) is 3.00. The Morgan fingerprint density at radius 3 is 2.36 bits per heavy atom. The Balaban J connectivity index is 1.89. The van der Waals surface area contributed by atoms with Crippen LogP contribution in [0.3, 0.4) is 0 Å². The van der Waals surface area contributed by atoms with Crippen molar-refractivity contribution in [2.75, 3.05) is 10.6 Å². The zero-order valence-corrected chi connectivity index (χ0v) is 17.9. The van der Waals surface area contributed by atoms with Crippen molar-refractivity contribution in [3.63, 3.8) is 0 Å². The molecule has 0 aliphatic carbocycles. The molecular formula is C22H28N2O3S. The average Bonchev–Trinajstić information content (AvgIpc) is 2.94. The lowest BCUT2D eigenvalue weighted by Gasteiger charge is -2.32. The molecule has 0 fully saturated rings. The van der Waals surface area contributed by atoms with E-state index >= 15 is 0 Å². The van der Waals surface area contributed by atoms with Gasteiger partial charge in [-0.2, -0.15) is 0 Å². The topological polar surface area (TPSA) is 66.5 Å². The summed E-state index contributed by atoms with van der Waals surface area (Å²) in [7, 11) is -3.34. The second-order valence-electron chi connectivity index (χ2n) is 8.64. The fourth-order valence-corrected chi connectivity index (χ4v) is 5.17. The third-order valence-electron chi connectivity index (χ3n) is 5.13. The number of sulfonamides is 1. The number of rotatable bonds is 4. The number of nitrogens with zero attached hydrogens (tertiary/aromatic N) is 1. The zero-order chi connectivity index (χ0) is 20.7. The van der Waals surface area contributed by atoms with Gasteiger partial charge in [0.15, 0.2) is 0 Å². The number of anilines is 1. The fraction of sp³-hybridized carbons (Fsp3) is 0.409. The maximum Gasteiger partial charge on any atom is 0.251 e. The first-order valence-corrected chi connectivity index (χ1v) is 11.3. The smallest absolute Gasteiger partial charge is 0.251 e. The van der Waals surface area contributed by atoms with Gasteiger partial charge in [0.05, 0.1) is 18.0 Å². The molecule has 2 unspecified atom stereocenters. The van der Waals surface area contributed by atoms with Crippen LogP contribution < -0.4 is 9.62 Å². The molecule has 0 radical (unpaired) electrons. The lowest BCUT2D eigenvalue weighted by Crippen LogP contribution is -2.36. The number of benzene rings is 2. The largest absolute Gasteiger partial charge is 0.345 e. The number of hydrogen-bond acceptors (Lipinski definition) is 3. The summed E-state index contributed by atoms with van der Waals surface area (Å²) in [6, 6.07) is 14.9. The van der Waals surface area contributed by atoms with Gasteiger partial charge in [-0.1, -0.05) is 51.1 Å². The Bertz CT molecular complexity index is 979. The van der Waals surface area contributed by atoms with Crippen molar-refractivity contribution < 1.29 is 13.2 Å². The van der Waals surface area contributed by atoms with E-state index in [-0.39, 0.29) is 23.4 Å².